The average Bonchev–Trinajstić information content (AvgIpc) is 2.91. The third kappa shape index (κ3) is 4.54. The summed E-state index contributed by atoms with van der Waals surface area (Å²) in [5.74, 6) is -0.696. The lowest BCUT2D eigenvalue weighted by Crippen LogP contribution is -2.39. The van der Waals surface area contributed by atoms with E-state index in [1.54, 1.807) is 24.3 Å². The van der Waals surface area contributed by atoms with Gasteiger partial charge in [-0.2, -0.15) is 0 Å². The summed E-state index contributed by atoms with van der Waals surface area (Å²) < 4.78 is 0. The maximum Gasteiger partial charge on any atom is 0.250 e. The topological polar surface area (TPSA) is 87.5 Å². The van der Waals surface area contributed by atoms with Gasteiger partial charge >= 0.3 is 0 Å². The zero-order chi connectivity index (χ0) is 15.2. The van der Waals surface area contributed by atoms with Gasteiger partial charge in [-0.15, -0.1) is 0 Å². The molecule has 0 aliphatic carbocycles. The molecule has 0 saturated carbocycles. The predicted molar refractivity (Wildman–Crippen MR) is 82.1 cm³/mol. The van der Waals surface area contributed by atoms with Crippen molar-refractivity contribution in [3.05, 3.63) is 29.8 Å². The Balaban J connectivity index is 1.88. The maximum absolute atomic E-state index is 12.0. The van der Waals surface area contributed by atoms with E-state index in [1.807, 2.05) is 11.9 Å². The lowest BCUT2D eigenvalue weighted by atomic mass is 10.1. The number of primary amides is 1. The molecule has 2 amide bonds. The molecule has 1 fully saturated rings. The molecule has 21 heavy (non-hydrogen) atoms. The van der Waals surface area contributed by atoms with Crippen molar-refractivity contribution in [3.8, 4) is 0 Å². The molecule has 6 nitrogen and oxygen atoms in total. The van der Waals surface area contributed by atoms with E-state index in [-0.39, 0.29) is 12.5 Å². The van der Waals surface area contributed by atoms with Gasteiger partial charge in [-0.3, -0.25) is 14.5 Å². The lowest BCUT2D eigenvalue weighted by Gasteiger charge is -2.20. The predicted octanol–water partition coefficient (Wildman–Crippen LogP) is 0.408. The second-order valence-corrected chi connectivity index (χ2v) is 5.45. The highest BCUT2D eigenvalue weighted by Gasteiger charge is 2.17. The molecule has 1 saturated heterocycles. The van der Waals surface area contributed by atoms with Crippen molar-refractivity contribution >= 4 is 17.5 Å². The van der Waals surface area contributed by atoms with Crippen LogP contribution in [0.25, 0.3) is 0 Å². The minimum absolute atomic E-state index is 0.149. The molecule has 6 heteroatoms. The van der Waals surface area contributed by atoms with E-state index < -0.39 is 5.91 Å². The van der Waals surface area contributed by atoms with Crippen LogP contribution in [0.1, 0.15) is 23.2 Å². The standard InChI is InChI=1S/C15H22N4O2/c1-19(9-11-5-4-8-17-11)10-14(20)18-13-7-3-2-6-12(13)15(16)21/h2-3,6-7,11,17H,4-5,8-10H2,1H3,(H2,16,21)(H,18,20). The number of anilines is 1. The molecule has 0 aromatic heterocycles. The summed E-state index contributed by atoms with van der Waals surface area (Å²) in [4.78, 5) is 25.3. The van der Waals surface area contributed by atoms with Crippen molar-refractivity contribution in [3.63, 3.8) is 0 Å². The van der Waals surface area contributed by atoms with Crippen LogP contribution in [-0.4, -0.2) is 49.4 Å². The van der Waals surface area contributed by atoms with Crippen LogP contribution in [-0.2, 0) is 4.79 Å². The van der Waals surface area contributed by atoms with Gasteiger partial charge in [0, 0.05) is 12.6 Å². The number of carbonyl (C=O) groups is 2. The van der Waals surface area contributed by atoms with Crippen LogP contribution in [0.4, 0.5) is 5.69 Å². The van der Waals surface area contributed by atoms with Gasteiger partial charge in [-0.1, -0.05) is 12.1 Å². The molecule has 1 heterocycles. The zero-order valence-electron chi connectivity index (χ0n) is 12.3. The van der Waals surface area contributed by atoms with Gasteiger partial charge in [-0.05, 0) is 38.6 Å². The van der Waals surface area contributed by atoms with Gasteiger partial charge in [-0.25, -0.2) is 0 Å². The van der Waals surface area contributed by atoms with Crippen molar-refractivity contribution in [1.29, 1.82) is 0 Å². The number of likely N-dealkylation sites (N-methyl/N-ethyl adjacent to an activating group) is 1. The highest BCUT2D eigenvalue weighted by Crippen LogP contribution is 2.14. The van der Waals surface area contributed by atoms with Crippen molar-refractivity contribution < 1.29 is 9.59 Å². The Kier molecular flexibility index (Phi) is 5.30. The maximum atomic E-state index is 12.0. The number of para-hydroxylation sites is 1. The number of nitrogens with two attached hydrogens (primary N) is 1. The minimum atomic E-state index is -0.547. The van der Waals surface area contributed by atoms with Crippen LogP contribution >= 0.6 is 0 Å². The fraction of sp³-hybridized carbons (Fsp3) is 0.467. The summed E-state index contributed by atoms with van der Waals surface area (Å²) in [7, 11) is 1.92. The largest absolute Gasteiger partial charge is 0.366 e. The fourth-order valence-corrected chi connectivity index (χ4v) is 2.60. The lowest BCUT2D eigenvalue weighted by molar-refractivity contribution is -0.117. The van der Waals surface area contributed by atoms with Crippen molar-refractivity contribution in [1.82, 2.24) is 10.2 Å². The third-order valence-corrected chi connectivity index (χ3v) is 3.57. The smallest absolute Gasteiger partial charge is 0.250 e. The molecule has 1 aromatic rings. The van der Waals surface area contributed by atoms with Crippen LogP contribution in [0.15, 0.2) is 24.3 Å². The van der Waals surface area contributed by atoms with Crippen LogP contribution in [0, 0.1) is 0 Å². The van der Waals surface area contributed by atoms with E-state index in [0.717, 1.165) is 19.5 Å². The number of nitrogens with zero attached hydrogens (tertiary/aromatic N) is 1. The summed E-state index contributed by atoms with van der Waals surface area (Å²) in [5, 5.41) is 6.15. The van der Waals surface area contributed by atoms with Crippen LogP contribution in [0.3, 0.4) is 0 Å². The van der Waals surface area contributed by atoms with Gasteiger partial charge in [0.2, 0.25) is 5.91 Å². The Bertz CT molecular complexity index is 512. The molecule has 4 N–H and O–H groups in total. The second kappa shape index (κ2) is 7.19. The van der Waals surface area contributed by atoms with Crippen molar-refractivity contribution in [2.24, 2.45) is 5.73 Å². The van der Waals surface area contributed by atoms with Gasteiger partial charge in [0.15, 0.2) is 0 Å². The number of nitrogens with one attached hydrogen (secondary N) is 2. The normalized spacial score (nSPS) is 17.9. The van der Waals surface area contributed by atoms with Gasteiger partial charge in [0.1, 0.15) is 0 Å². The summed E-state index contributed by atoms with van der Waals surface area (Å²) in [6.45, 7) is 2.17. The number of carbonyl (C=O) groups excluding carboxylic acids is 2. The minimum Gasteiger partial charge on any atom is -0.366 e. The summed E-state index contributed by atoms with van der Waals surface area (Å²) in [6.07, 6.45) is 2.34. The molecule has 1 aliphatic heterocycles. The van der Waals surface area contributed by atoms with Crippen molar-refractivity contribution in [2.75, 3.05) is 32.0 Å². The molecule has 114 valence electrons. The fourth-order valence-electron chi connectivity index (χ4n) is 2.60. The Morgan fingerprint density at radius 2 is 2.19 bits per heavy atom. The molecule has 0 bridgehead atoms. The Morgan fingerprint density at radius 3 is 2.86 bits per heavy atom. The van der Waals surface area contributed by atoms with E-state index in [9.17, 15) is 9.59 Å². The first-order valence-corrected chi connectivity index (χ1v) is 7.17. The van der Waals surface area contributed by atoms with Crippen LogP contribution < -0.4 is 16.4 Å². The second-order valence-electron chi connectivity index (χ2n) is 5.45. The Labute approximate surface area is 124 Å². The van der Waals surface area contributed by atoms with Crippen molar-refractivity contribution in [2.45, 2.75) is 18.9 Å². The zero-order valence-corrected chi connectivity index (χ0v) is 12.3. The molecule has 0 radical (unpaired) electrons. The van der Waals surface area contributed by atoms with E-state index in [2.05, 4.69) is 10.6 Å². The van der Waals surface area contributed by atoms with E-state index in [0.29, 0.717) is 17.3 Å². The highest BCUT2D eigenvalue weighted by atomic mass is 16.2. The summed E-state index contributed by atoms with van der Waals surface area (Å²) >= 11 is 0. The first-order chi connectivity index (χ1) is 10.1. The molecular weight excluding hydrogens is 268 g/mol. The van der Waals surface area contributed by atoms with E-state index in [1.165, 1.54) is 6.42 Å². The SMILES string of the molecule is CN(CC(=O)Nc1ccccc1C(N)=O)CC1CCCN1. The number of amides is 2. The number of hydrogen-bond acceptors (Lipinski definition) is 4. The van der Waals surface area contributed by atoms with Gasteiger partial charge < -0.3 is 16.4 Å². The van der Waals surface area contributed by atoms with Crippen LogP contribution in [0.5, 0.6) is 0 Å². The van der Waals surface area contributed by atoms with Gasteiger partial charge in [0.25, 0.3) is 5.91 Å². The first-order valence-electron chi connectivity index (χ1n) is 7.17. The highest BCUT2D eigenvalue weighted by molar-refractivity contribution is 6.03. The molecular formula is C15H22N4O2. The molecule has 2 rings (SSSR count). The van der Waals surface area contributed by atoms with E-state index >= 15 is 0 Å². The number of benzene rings is 1. The van der Waals surface area contributed by atoms with E-state index in [4.69, 9.17) is 5.73 Å². The average molecular weight is 290 g/mol. The Morgan fingerprint density at radius 1 is 1.43 bits per heavy atom. The first kappa shape index (κ1) is 15.5. The Hall–Kier alpha value is -1.92. The number of rotatable bonds is 6. The van der Waals surface area contributed by atoms with Gasteiger partial charge in [0.05, 0.1) is 17.8 Å². The molecule has 1 atom stereocenters. The summed E-state index contributed by atoms with van der Waals surface area (Å²) in [5.41, 5.74) is 6.08. The summed E-state index contributed by atoms with van der Waals surface area (Å²) in [6, 6.07) is 7.21. The molecule has 1 unspecified atom stereocenters. The van der Waals surface area contributed by atoms with Crippen LogP contribution in [0.2, 0.25) is 0 Å². The quantitative estimate of drug-likeness (QED) is 0.708. The molecule has 1 aliphatic rings. The third-order valence-electron chi connectivity index (χ3n) is 3.57. The molecule has 1 aromatic carbocycles. The monoisotopic (exact) mass is 290 g/mol. The molecule has 0 spiro atoms. The number of hydrogen-bond donors (Lipinski definition) is 3.